The zero-order valence-electron chi connectivity index (χ0n) is 9.61. The Bertz CT molecular complexity index is 458. The van der Waals surface area contributed by atoms with Crippen molar-refractivity contribution in [3.05, 3.63) is 17.5 Å². The molecule has 16 heavy (non-hydrogen) atoms. The first-order valence-electron chi connectivity index (χ1n) is 5.15. The average molecular weight is 222 g/mol. The number of ketones is 1. The van der Waals surface area contributed by atoms with Crippen LogP contribution in [0.25, 0.3) is 0 Å². The monoisotopic (exact) mass is 222 g/mol. The number of ether oxygens (including phenoxy) is 1. The van der Waals surface area contributed by atoms with Crippen molar-refractivity contribution < 1.29 is 14.3 Å². The van der Waals surface area contributed by atoms with Crippen molar-refractivity contribution in [3.8, 4) is 0 Å². The van der Waals surface area contributed by atoms with Gasteiger partial charge < -0.3 is 4.74 Å². The summed E-state index contributed by atoms with van der Waals surface area (Å²) in [5.41, 5.74) is 0.582. The van der Waals surface area contributed by atoms with Gasteiger partial charge in [0.25, 0.3) is 0 Å². The van der Waals surface area contributed by atoms with Crippen molar-refractivity contribution in [2.45, 2.75) is 25.2 Å². The number of aromatic nitrogens is 2. The first kappa shape index (κ1) is 10.9. The van der Waals surface area contributed by atoms with E-state index in [0.717, 1.165) is 12.8 Å². The molecule has 0 radical (unpaired) electrons. The van der Waals surface area contributed by atoms with Gasteiger partial charge in [-0.1, -0.05) is 0 Å². The number of Topliss-reactive ketones (excluding diaryl/α,β-unsaturated/α-hetero) is 1. The number of hydrogen-bond donors (Lipinski definition) is 0. The zero-order chi connectivity index (χ0) is 11.9. The number of carbonyl (C=O) groups is 2. The summed E-state index contributed by atoms with van der Waals surface area (Å²) in [5, 5.41) is 4.04. The summed E-state index contributed by atoms with van der Waals surface area (Å²) in [6.45, 7) is 1.56. The number of carbonyl (C=O) groups excluding carboxylic acids is 2. The summed E-state index contributed by atoms with van der Waals surface area (Å²) in [6, 6.07) is 0. The van der Waals surface area contributed by atoms with Gasteiger partial charge in [-0.2, -0.15) is 5.10 Å². The number of esters is 1. The van der Waals surface area contributed by atoms with Gasteiger partial charge in [0.1, 0.15) is 11.3 Å². The maximum absolute atomic E-state index is 11.6. The molecule has 1 aromatic heterocycles. The van der Waals surface area contributed by atoms with Crippen molar-refractivity contribution in [3.63, 3.8) is 0 Å². The average Bonchev–Trinajstić information content (AvgIpc) is 2.96. The predicted octanol–water partition coefficient (Wildman–Crippen LogP) is 0.827. The largest absolute Gasteiger partial charge is 0.465 e. The highest BCUT2D eigenvalue weighted by Crippen LogP contribution is 2.49. The standard InChI is InChI=1S/C11H14N2O3/c1-7(14)11(4-5-11)9-8(10(15)16-3)6-12-13(9)2/h6H,4-5H2,1-3H3. The summed E-state index contributed by atoms with van der Waals surface area (Å²) in [6.07, 6.45) is 3.03. The Morgan fingerprint density at radius 2 is 2.12 bits per heavy atom. The molecule has 0 bridgehead atoms. The minimum atomic E-state index is -0.505. The lowest BCUT2D eigenvalue weighted by molar-refractivity contribution is -0.119. The molecule has 5 nitrogen and oxygen atoms in total. The van der Waals surface area contributed by atoms with E-state index < -0.39 is 11.4 Å². The van der Waals surface area contributed by atoms with Crippen molar-refractivity contribution >= 4 is 11.8 Å². The highest BCUT2D eigenvalue weighted by molar-refractivity contribution is 5.97. The molecule has 0 N–H and O–H groups in total. The normalized spacial score (nSPS) is 16.9. The van der Waals surface area contributed by atoms with Crippen LogP contribution in [0.15, 0.2) is 6.20 Å². The van der Waals surface area contributed by atoms with Crippen LogP contribution in [0.5, 0.6) is 0 Å². The fourth-order valence-corrected chi connectivity index (χ4v) is 2.14. The molecule has 1 fully saturated rings. The van der Waals surface area contributed by atoms with Crippen LogP contribution in [-0.2, 0) is 22.0 Å². The second kappa shape index (κ2) is 3.43. The Morgan fingerprint density at radius 1 is 1.50 bits per heavy atom. The number of aryl methyl sites for hydroxylation is 1. The molecule has 0 aliphatic heterocycles. The SMILES string of the molecule is COC(=O)c1cnn(C)c1C1(C(C)=O)CC1. The third-order valence-electron chi connectivity index (χ3n) is 3.22. The molecule has 1 aliphatic carbocycles. The predicted molar refractivity (Wildman–Crippen MR) is 56.1 cm³/mol. The molecule has 86 valence electrons. The van der Waals surface area contributed by atoms with E-state index in [-0.39, 0.29) is 5.78 Å². The van der Waals surface area contributed by atoms with Gasteiger partial charge in [-0.15, -0.1) is 0 Å². The quantitative estimate of drug-likeness (QED) is 0.710. The summed E-state index contributed by atoms with van der Waals surface area (Å²) in [4.78, 5) is 23.2. The fourth-order valence-electron chi connectivity index (χ4n) is 2.14. The lowest BCUT2D eigenvalue weighted by Crippen LogP contribution is -2.23. The molecule has 0 saturated heterocycles. The van der Waals surface area contributed by atoms with Crippen molar-refractivity contribution in [2.75, 3.05) is 7.11 Å². The third kappa shape index (κ3) is 1.35. The Hall–Kier alpha value is -1.65. The Balaban J connectivity index is 2.52. The molecule has 1 aliphatic rings. The lowest BCUT2D eigenvalue weighted by Gasteiger charge is -2.13. The minimum Gasteiger partial charge on any atom is -0.465 e. The Kier molecular flexibility index (Phi) is 2.33. The van der Waals surface area contributed by atoms with Crippen LogP contribution in [-0.4, -0.2) is 28.6 Å². The van der Waals surface area contributed by atoms with Gasteiger partial charge in [-0.3, -0.25) is 9.48 Å². The topological polar surface area (TPSA) is 61.2 Å². The maximum Gasteiger partial charge on any atom is 0.341 e. The summed E-state index contributed by atoms with van der Waals surface area (Å²) >= 11 is 0. The number of rotatable bonds is 3. The van der Waals surface area contributed by atoms with Crippen molar-refractivity contribution in [2.24, 2.45) is 7.05 Å². The van der Waals surface area contributed by atoms with E-state index in [1.807, 2.05) is 0 Å². The van der Waals surface area contributed by atoms with Crippen molar-refractivity contribution in [1.82, 2.24) is 9.78 Å². The maximum atomic E-state index is 11.6. The molecule has 0 spiro atoms. The van der Waals surface area contributed by atoms with E-state index in [1.54, 1.807) is 18.7 Å². The molecular weight excluding hydrogens is 208 g/mol. The highest BCUT2D eigenvalue weighted by Gasteiger charge is 2.53. The summed E-state index contributed by atoms with van der Waals surface area (Å²) in [5.74, 6) is -0.350. The third-order valence-corrected chi connectivity index (χ3v) is 3.22. The second-order valence-electron chi connectivity index (χ2n) is 4.16. The van der Waals surface area contributed by atoms with Gasteiger partial charge >= 0.3 is 5.97 Å². The van der Waals surface area contributed by atoms with Crippen LogP contribution in [0.2, 0.25) is 0 Å². The van der Waals surface area contributed by atoms with Gasteiger partial charge in [0.05, 0.1) is 24.4 Å². The lowest BCUT2D eigenvalue weighted by atomic mass is 9.94. The van der Waals surface area contributed by atoms with Gasteiger partial charge in [-0.05, 0) is 19.8 Å². The highest BCUT2D eigenvalue weighted by atomic mass is 16.5. The molecule has 2 rings (SSSR count). The second-order valence-corrected chi connectivity index (χ2v) is 4.16. The summed E-state index contributed by atoms with van der Waals surface area (Å²) < 4.78 is 6.29. The fraction of sp³-hybridized carbons (Fsp3) is 0.545. The Labute approximate surface area is 93.4 Å². The van der Waals surface area contributed by atoms with Crippen LogP contribution < -0.4 is 0 Å². The minimum absolute atomic E-state index is 0.0845. The molecule has 0 aromatic carbocycles. The molecule has 0 amide bonds. The van der Waals surface area contributed by atoms with E-state index in [4.69, 9.17) is 0 Å². The number of methoxy groups -OCH3 is 1. The van der Waals surface area contributed by atoms with E-state index in [0.29, 0.717) is 11.3 Å². The van der Waals surface area contributed by atoms with Crippen LogP contribution in [0.4, 0.5) is 0 Å². The van der Waals surface area contributed by atoms with Gasteiger partial charge in [-0.25, -0.2) is 4.79 Å². The number of hydrogen-bond acceptors (Lipinski definition) is 4. The summed E-state index contributed by atoms with van der Waals surface area (Å²) in [7, 11) is 3.07. The Morgan fingerprint density at radius 3 is 2.56 bits per heavy atom. The van der Waals surface area contributed by atoms with E-state index in [9.17, 15) is 9.59 Å². The van der Waals surface area contributed by atoms with Crippen LogP contribution in [0.3, 0.4) is 0 Å². The van der Waals surface area contributed by atoms with E-state index in [2.05, 4.69) is 9.84 Å². The first-order chi connectivity index (χ1) is 7.53. The van der Waals surface area contributed by atoms with Gasteiger partial charge in [0.2, 0.25) is 0 Å². The van der Waals surface area contributed by atoms with E-state index in [1.165, 1.54) is 13.3 Å². The molecular formula is C11H14N2O3. The van der Waals surface area contributed by atoms with Crippen LogP contribution >= 0.6 is 0 Å². The van der Waals surface area contributed by atoms with Gasteiger partial charge in [0, 0.05) is 7.05 Å². The molecule has 1 saturated carbocycles. The van der Waals surface area contributed by atoms with Crippen LogP contribution in [0, 0.1) is 0 Å². The molecule has 0 unspecified atom stereocenters. The van der Waals surface area contributed by atoms with E-state index >= 15 is 0 Å². The van der Waals surface area contributed by atoms with Crippen LogP contribution in [0.1, 0.15) is 35.8 Å². The molecule has 1 heterocycles. The zero-order valence-corrected chi connectivity index (χ0v) is 9.61. The molecule has 1 aromatic rings. The number of nitrogens with zero attached hydrogens (tertiary/aromatic N) is 2. The first-order valence-corrected chi connectivity index (χ1v) is 5.15. The van der Waals surface area contributed by atoms with Gasteiger partial charge in [0.15, 0.2) is 0 Å². The van der Waals surface area contributed by atoms with Crippen molar-refractivity contribution in [1.29, 1.82) is 0 Å². The molecule has 5 heteroatoms. The molecule has 0 atom stereocenters. The smallest absolute Gasteiger partial charge is 0.341 e.